The number of anilines is 2. The first kappa shape index (κ1) is 24.1. The summed E-state index contributed by atoms with van der Waals surface area (Å²) in [4.78, 5) is 28.8. The number of methoxy groups -OCH3 is 3. The van der Waals surface area contributed by atoms with Crippen LogP contribution in [-0.2, 0) is 9.59 Å². The number of carbonyl (C=O) groups is 2. The van der Waals surface area contributed by atoms with E-state index >= 15 is 0 Å². The van der Waals surface area contributed by atoms with Gasteiger partial charge in [-0.15, -0.1) is 0 Å². The SMILES string of the molecule is COc1ccc(N2C(=O)CC[C@H](C(=O)Nc3cc(C)ccc3OC)[C@@H]2c2ccccc2OC)cc1. The molecule has 3 aromatic rings. The van der Waals surface area contributed by atoms with Crippen molar-refractivity contribution in [3.05, 3.63) is 77.9 Å². The highest BCUT2D eigenvalue weighted by Gasteiger charge is 2.42. The number of ether oxygens (including phenoxy) is 3. The maximum atomic E-state index is 13.7. The predicted octanol–water partition coefficient (Wildman–Crippen LogP) is 5.14. The Hall–Kier alpha value is -4.00. The van der Waals surface area contributed by atoms with E-state index in [-0.39, 0.29) is 18.2 Å². The van der Waals surface area contributed by atoms with Crippen LogP contribution < -0.4 is 24.4 Å². The maximum Gasteiger partial charge on any atom is 0.230 e. The summed E-state index contributed by atoms with van der Waals surface area (Å²) in [6.45, 7) is 1.96. The Balaban J connectivity index is 1.78. The Bertz CT molecular complexity index is 1210. The summed E-state index contributed by atoms with van der Waals surface area (Å²) in [5.74, 6) is 1.14. The van der Waals surface area contributed by atoms with Crippen molar-refractivity contribution in [2.45, 2.75) is 25.8 Å². The van der Waals surface area contributed by atoms with Crippen molar-refractivity contribution in [1.82, 2.24) is 0 Å². The average molecular weight is 475 g/mol. The molecule has 1 aliphatic rings. The Morgan fingerprint density at radius 1 is 0.914 bits per heavy atom. The number of nitrogens with zero attached hydrogens (tertiary/aromatic N) is 1. The van der Waals surface area contributed by atoms with Gasteiger partial charge in [-0.3, -0.25) is 9.59 Å². The van der Waals surface area contributed by atoms with E-state index in [9.17, 15) is 9.59 Å². The van der Waals surface area contributed by atoms with Crippen molar-refractivity contribution >= 4 is 23.2 Å². The minimum atomic E-state index is -0.559. The number of hydrogen-bond acceptors (Lipinski definition) is 5. The summed E-state index contributed by atoms with van der Waals surface area (Å²) < 4.78 is 16.4. The molecule has 1 heterocycles. The highest BCUT2D eigenvalue weighted by Crippen LogP contribution is 2.44. The maximum absolute atomic E-state index is 13.7. The van der Waals surface area contributed by atoms with Crippen LogP contribution in [0.4, 0.5) is 11.4 Å². The lowest BCUT2D eigenvalue weighted by atomic mass is 9.82. The molecule has 7 heteroatoms. The number of hydrogen-bond donors (Lipinski definition) is 1. The number of benzene rings is 3. The standard InChI is InChI=1S/C28H30N2O5/c1-18-9-15-25(35-4)23(17-18)29-28(32)22-14-16-26(31)30(19-10-12-20(33-2)13-11-19)27(22)21-7-5-6-8-24(21)34-3/h5-13,15,17,22,27H,14,16H2,1-4H3,(H,29,32)/t22-,27-/m0/s1. The summed E-state index contributed by atoms with van der Waals surface area (Å²) in [6.07, 6.45) is 0.662. The van der Waals surface area contributed by atoms with Crippen LogP contribution in [0.3, 0.4) is 0 Å². The van der Waals surface area contributed by atoms with Crippen LogP contribution in [-0.4, -0.2) is 33.1 Å². The molecule has 0 unspecified atom stereocenters. The number of carbonyl (C=O) groups excluding carboxylic acids is 2. The summed E-state index contributed by atoms with van der Waals surface area (Å²) in [7, 11) is 4.76. The second kappa shape index (κ2) is 10.5. The monoisotopic (exact) mass is 474 g/mol. The molecule has 4 rings (SSSR count). The van der Waals surface area contributed by atoms with Crippen LogP contribution in [0.5, 0.6) is 17.2 Å². The van der Waals surface area contributed by atoms with Crippen LogP contribution in [0.25, 0.3) is 0 Å². The second-order valence-electron chi connectivity index (χ2n) is 8.49. The van der Waals surface area contributed by atoms with E-state index in [2.05, 4.69) is 5.32 Å². The van der Waals surface area contributed by atoms with E-state index in [1.807, 2.05) is 73.7 Å². The first-order chi connectivity index (χ1) is 17.0. The van der Waals surface area contributed by atoms with Crippen molar-refractivity contribution in [2.75, 3.05) is 31.5 Å². The third kappa shape index (κ3) is 4.94. The number of piperidine rings is 1. The van der Waals surface area contributed by atoms with Gasteiger partial charge in [-0.1, -0.05) is 24.3 Å². The van der Waals surface area contributed by atoms with Crippen LogP contribution in [0, 0.1) is 12.8 Å². The molecular formula is C28H30N2O5. The number of amides is 2. The van der Waals surface area contributed by atoms with Gasteiger partial charge in [0.05, 0.1) is 39.0 Å². The van der Waals surface area contributed by atoms with Crippen LogP contribution in [0.2, 0.25) is 0 Å². The minimum absolute atomic E-state index is 0.0525. The molecule has 1 aliphatic heterocycles. The second-order valence-corrected chi connectivity index (χ2v) is 8.49. The number of nitrogens with one attached hydrogen (secondary N) is 1. The lowest BCUT2D eigenvalue weighted by molar-refractivity contribution is -0.126. The van der Waals surface area contributed by atoms with E-state index in [1.165, 1.54) is 0 Å². The molecule has 0 aromatic heterocycles. The average Bonchev–Trinajstić information content (AvgIpc) is 2.88. The molecule has 2 amide bonds. The fourth-order valence-electron chi connectivity index (χ4n) is 4.63. The molecule has 1 N–H and O–H groups in total. The first-order valence-electron chi connectivity index (χ1n) is 11.5. The molecule has 0 radical (unpaired) electrons. The predicted molar refractivity (Wildman–Crippen MR) is 135 cm³/mol. The van der Waals surface area contributed by atoms with Crippen LogP contribution in [0.15, 0.2) is 66.7 Å². The zero-order valence-electron chi connectivity index (χ0n) is 20.4. The van der Waals surface area contributed by atoms with E-state index in [1.54, 1.807) is 26.2 Å². The van der Waals surface area contributed by atoms with E-state index in [0.717, 1.165) is 11.1 Å². The molecule has 182 valence electrons. The molecule has 3 aromatic carbocycles. The third-order valence-corrected chi connectivity index (χ3v) is 6.35. The number of aryl methyl sites for hydroxylation is 1. The fraction of sp³-hybridized carbons (Fsp3) is 0.286. The van der Waals surface area contributed by atoms with Crippen LogP contribution >= 0.6 is 0 Å². The lowest BCUT2D eigenvalue weighted by Gasteiger charge is -2.41. The fourth-order valence-corrected chi connectivity index (χ4v) is 4.63. The van der Waals surface area contributed by atoms with Crippen molar-refractivity contribution in [3.63, 3.8) is 0 Å². The molecule has 0 aliphatic carbocycles. The van der Waals surface area contributed by atoms with Gasteiger partial charge in [-0.05, 0) is 61.4 Å². The smallest absolute Gasteiger partial charge is 0.230 e. The Labute approximate surface area is 205 Å². The molecule has 35 heavy (non-hydrogen) atoms. The van der Waals surface area contributed by atoms with Crippen molar-refractivity contribution in [2.24, 2.45) is 5.92 Å². The van der Waals surface area contributed by atoms with E-state index in [0.29, 0.717) is 35.0 Å². The molecule has 0 spiro atoms. The Morgan fingerprint density at radius 2 is 1.63 bits per heavy atom. The number of rotatable bonds is 7. The van der Waals surface area contributed by atoms with Crippen molar-refractivity contribution in [3.8, 4) is 17.2 Å². The summed E-state index contributed by atoms with van der Waals surface area (Å²) in [5, 5.41) is 3.05. The molecule has 1 fully saturated rings. The molecule has 0 saturated carbocycles. The van der Waals surface area contributed by atoms with Gasteiger partial charge < -0.3 is 24.4 Å². The highest BCUT2D eigenvalue weighted by atomic mass is 16.5. The van der Waals surface area contributed by atoms with Gasteiger partial charge in [-0.2, -0.15) is 0 Å². The zero-order chi connectivity index (χ0) is 24.9. The summed E-state index contributed by atoms with van der Waals surface area (Å²) in [5.41, 5.74) is 3.07. The Kier molecular flexibility index (Phi) is 7.25. The van der Waals surface area contributed by atoms with Gasteiger partial charge in [0.25, 0.3) is 0 Å². The Morgan fingerprint density at radius 3 is 2.31 bits per heavy atom. The summed E-state index contributed by atoms with van der Waals surface area (Å²) >= 11 is 0. The molecule has 2 atom stereocenters. The van der Waals surface area contributed by atoms with E-state index < -0.39 is 12.0 Å². The zero-order valence-corrected chi connectivity index (χ0v) is 20.4. The van der Waals surface area contributed by atoms with E-state index in [4.69, 9.17) is 14.2 Å². The largest absolute Gasteiger partial charge is 0.497 e. The van der Waals surface area contributed by atoms with Gasteiger partial charge in [0.15, 0.2) is 0 Å². The quantitative estimate of drug-likeness (QED) is 0.513. The van der Waals surface area contributed by atoms with Gasteiger partial charge in [0, 0.05) is 17.7 Å². The minimum Gasteiger partial charge on any atom is -0.497 e. The number of para-hydroxylation sites is 1. The molecular weight excluding hydrogens is 444 g/mol. The van der Waals surface area contributed by atoms with Gasteiger partial charge >= 0.3 is 0 Å². The lowest BCUT2D eigenvalue weighted by Crippen LogP contribution is -2.47. The molecule has 7 nitrogen and oxygen atoms in total. The third-order valence-electron chi connectivity index (χ3n) is 6.35. The normalized spacial score (nSPS) is 17.6. The molecule has 0 bridgehead atoms. The highest BCUT2D eigenvalue weighted by molar-refractivity contribution is 6.01. The molecule has 1 saturated heterocycles. The van der Waals surface area contributed by atoms with Gasteiger partial charge in [0.1, 0.15) is 17.2 Å². The summed E-state index contributed by atoms with van der Waals surface area (Å²) in [6, 6.07) is 19.9. The first-order valence-corrected chi connectivity index (χ1v) is 11.5. The van der Waals surface area contributed by atoms with Crippen molar-refractivity contribution < 1.29 is 23.8 Å². The van der Waals surface area contributed by atoms with Gasteiger partial charge in [-0.25, -0.2) is 0 Å². The van der Waals surface area contributed by atoms with Crippen LogP contribution in [0.1, 0.15) is 30.0 Å². The van der Waals surface area contributed by atoms with Crippen molar-refractivity contribution in [1.29, 1.82) is 0 Å². The van der Waals surface area contributed by atoms with Gasteiger partial charge in [0.2, 0.25) is 11.8 Å². The topological polar surface area (TPSA) is 77.1 Å².